The summed E-state index contributed by atoms with van der Waals surface area (Å²) in [5, 5.41) is 2.97. The van der Waals surface area contributed by atoms with Crippen molar-refractivity contribution in [3.05, 3.63) is 53.4 Å². The Balaban J connectivity index is 1.37. The zero-order valence-corrected chi connectivity index (χ0v) is 17.2. The number of hydrogen-bond donors (Lipinski definition) is 0. The molecule has 4 heterocycles. The van der Waals surface area contributed by atoms with Crippen molar-refractivity contribution < 1.29 is 9.53 Å². The molecule has 0 unspecified atom stereocenters. The molecule has 2 fully saturated rings. The van der Waals surface area contributed by atoms with E-state index in [9.17, 15) is 4.79 Å². The Bertz CT molecular complexity index is 991. The van der Waals surface area contributed by atoms with Crippen molar-refractivity contribution in [2.24, 2.45) is 0 Å². The second-order valence-corrected chi connectivity index (χ2v) is 8.73. The number of carbonyl (C=O) groups is 1. The van der Waals surface area contributed by atoms with Crippen LogP contribution in [0.3, 0.4) is 0 Å². The first-order valence-corrected chi connectivity index (χ1v) is 11.2. The number of aromatic nitrogens is 1. The van der Waals surface area contributed by atoms with Gasteiger partial charge in [-0.15, -0.1) is 11.3 Å². The fraction of sp³-hybridized carbons (Fsp3) is 0.391. The predicted molar refractivity (Wildman–Crippen MR) is 116 cm³/mol. The van der Waals surface area contributed by atoms with Crippen molar-refractivity contribution in [2.45, 2.75) is 18.9 Å². The highest BCUT2D eigenvalue weighted by atomic mass is 32.1. The van der Waals surface area contributed by atoms with Crippen molar-refractivity contribution in [3.63, 3.8) is 0 Å². The molecule has 0 radical (unpaired) electrons. The number of nitrogens with zero attached hydrogens (tertiary/aromatic N) is 3. The van der Waals surface area contributed by atoms with Gasteiger partial charge in [-0.05, 0) is 36.4 Å². The molecule has 0 saturated carbocycles. The van der Waals surface area contributed by atoms with Gasteiger partial charge in [0.05, 0.1) is 27.8 Å². The van der Waals surface area contributed by atoms with Crippen molar-refractivity contribution in [1.29, 1.82) is 0 Å². The standard InChI is InChI=1S/C23H25N3O2S/c27-23(26-11-9-25(10-12-26)16-17-5-3-13-28-17)19-15-21(22-8-4-14-29-22)24-20-7-2-1-6-18(19)20/h1-2,4,6-8,14-15,17H,3,5,9-13,16H2/t17-/m0/s1. The van der Waals surface area contributed by atoms with Crippen LogP contribution in [0.4, 0.5) is 0 Å². The van der Waals surface area contributed by atoms with Gasteiger partial charge in [0, 0.05) is 44.7 Å². The van der Waals surface area contributed by atoms with Crippen LogP contribution in [0.5, 0.6) is 0 Å². The molecular weight excluding hydrogens is 382 g/mol. The summed E-state index contributed by atoms with van der Waals surface area (Å²) < 4.78 is 5.77. The fourth-order valence-corrected chi connectivity index (χ4v) is 4.97. The Kier molecular flexibility index (Phi) is 5.31. The minimum Gasteiger partial charge on any atom is -0.377 e. The minimum absolute atomic E-state index is 0.109. The number of rotatable bonds is 4. The van der Waals surface area contributed by atoms with Crippen LogP contribution in [0.2, 0.25) is 0 Å². The first-order valence-electron chi connectivity index (χ1n) is 10.3. The number of hydrogen-bond acceptors (Lipinski definition) is 5. The summed E-state index contributed by atoms with van der Waals surface area (Å²) in [6.07, 6.45) is 2.70. The maximum atomic E-state index is 13.4. The molecule has 0 bridgehead atoms. The van der Waals surface area contributed by atoms with Crippen molar-refractivity contribution in [3.8, 4) is 10.6 Å². The maximum absolute atomic E-state index is 13.4. The van der Waals surface area contributed by atoms with Crippen LogP contribution < -0.4 is 0 Å². The van der Waals surface area contributed by atoms with E-state index in [4.69, 9.17) is 9.72 Å². The molecular formula is C23H25N3O2S. The zero-order chi connectivity index (χ0) is 19.6. The van der Waals surface area contributed by atoms with E-state index in [-0.39, 0.29) is 5.91 Å². The van der Waals surface area contributed by atoms with Crippen molar-refractivity contribution in [2.75, 3.05) is 39.3 Å². The Morgan fingerprint density at radius 1 is 1.14 bits per heavy atom. The molecule has 5 rings (SSSR count). The van der Waals surface area contributed by atoms with E-state index in [0.29, 0.717) is 6.10 Å². The molecule has 150 valence electrons. The monoisotopic (exact) mass is 407 g/mol. The number of para-hydroxylation sites is 1. The summed E-state index contributed by atoms with van der Waals surface area (Å²) in [6, 6.07) is 14.0. The summed E-state index contributed by atoms with van der Waals surface area (Å²) in [5.74, 6) is 0.109. The second kappa shape index (κ2) is 8.22. The Labute approximate surface area is 174 Å². The number of piperazine rings is 1. The molecule has 5 nitrogen and oxygen atoms in total. The molecule has 2 aliphatic rings. The van der Waals surface area contributed by atoms with Gasteiger partial charge in [-0.3, -0.25) is 9.69 Å². The molecule has 1 atom stereocenters. The summed E-state index contributed by atoms with van der Waals surface area (Å²) >= 11 is 1.65. The van der Waals surface area contributed by atoms with Gasteiger partial charge in [-0.25, -0.2) is 4.98 Å². The SMILES string of the molecule is O=C(c1cc(-c2cccs2)nc2ccccc12)N1CCN(C[C@@H]2CCCO2)CC1. The first kappa shape index (κ1) is 18.7. The van der Waals surface area contributed by atoms with Gasteiger partial charge in [0.15, 0.2) is 0 Å². The molecule has 1 aromatic carbocycles. The van der Waals surface area contributed by atoms with Gasteiger partial charge in [0.2, 0.25) is 0 Å². The van der Waals surface area contributed by atoms with E-state index in [2.05, 4.69) is 11.0 Å². The van der Waals surface area contributed by atoms with Crippen molar-refractivity contribution in [1.82, 2.24) is 14.8 Å². The second-order valence-electron chi connectivity index (χ2n) is 7.78. The molecule has 6 heteroatoms. The minimum atomic E-state index is 0.109. The van der Waals surface area contributed by atoms with Crippen LogP contribution in [0.25, 0.3) is 21.5 Å². The third-order valence-corrected chi connectivity index (χ3v) is 6.76. The number of fused-ring (bicyclic) bond motifs is 1. The van der Waals surface area contributed by atoms with Gasteiger partial charge in [0.1, 0.15) is 0 Å². The molecule has 2 saturated heterocycles. The van der Waals surface area contributed by atoms with Gasteiger partial charge in [0.25, 0.3) is 5.91 Å². The van der Waals surface area contributed by atoms with Crippen molar-refractivity contribution >= 4 is 28.1 Å². The van der Waals surface area contributed by atoms with Gasteiger partial charge in [-0.2, -0.15) is 0 Å². The lowest BCUT2D eigenvalue weighted by Gasteiger charge is -2.36. The topological polar surface area (TPSA) is 45.7 Å². The van der Waals surface area contributed by atoms with E-state index in [0.717, 1.165) is 72.8 Å². The van der Waals surface area contributed by atoms with E-state index in [1.807, 2.05) is 46.7 Å². The highest BCUT2D eigenvalue weighted by molar-refractivity contribution is 7.13. The Morgan fingerprint density at radius 3 is 2.76 bits per heavy atom. The van der Waals surface area contributed by atoms with E-state index in [1.165, 1.54) is 6.42 Å². The number of thiophene rings is 1. The molecule has 0 aliphatic carbocycles. The lowest BCUT2D eigenvalue weighted by molar-refractivity contribution is 0.0433. The predicted octanol–water partition coefficient (Wildman–Crippen LogP) is 3.90. The number of amides is 1. The van der Waals surface area contributed by atoms with E-state index >= 15 is 0 Å². The normalized spacial score (nSPS) is 20.4. The Morgan fingerprint density at radius 2 is 2.00 bits per heavy atom. The number of pyridine rings is 1. The molecule has 0 N–H and O–H groups in total. The molecule has 0 spiro atoms. The average molecular weight is 408 g/mol. The fourth-order valence-electron chi connectivity index (χ4n) is 4.28. The van der Waals surface area contributed by atoms with Crippen LogP contribution >= 0.6 is 11.3 Å². The number of ether oxygens (including phenoxy) is 1. The van der Waals surface area contributed by atoms with Gasteiger partial charge in [-0.1, -0.05) is 24.3 Å². The summed E-state index contributed by atoms with van der Waals surface area (Å²) in [4.78, 5) is 23.8. The van der Waals surface area contributed by atoms with Gasteiger partial charge < -0.3 is 9.64 Å². The molecule has 2 aromatic heterocycles. The number of carbonyl (C=O) groups excluding carboxylic acids is 1. The van der Waals surface area contributed by atoms with E-state index < -0.39 is 0 Å². The summed E-state index contributed by atoms with van der Waals surface area (Å²) in [7, 11) is 0. The third-order valence-electron chi connectivity index (χ3n) is 5.87. The first-order chi connectivity index (χ1) is 14.3. The highest BCUT2D eigenvalue weighted by Crippen LogP contribution is 2.28. The number of benzene rings is 1. The smallest absolute Gasteiger partial charge is 0.254 e. The average Bonchev–Trinajstić information content (AvgIpc) is 3.47. The molecule has 3 aromatic rings. The Hall–Kier alpha value is -2.28. The van der Waals surface area contributed by atoms with E-state index in [1.54, 1.807) is 11.3 Å². The molecule has 2 aliphatic heterocycles. The quantitative estimate of drug-likeness (QED) is 0.658. The lowest BCUT2D eigenvalue weighted by Crippen LogP contribution is -2.50. The third kappa shape index (κ3) is 3.92. The van der Waals surface area contributed by atoms with Crippen LogP contribution in [-0.4, -0.2) is 66.1 Å². The molecule has 1 amide bonds. The van der Waals surface area contributed by atoms with Crippen LogP contribution in [0, 0.1) is 0 Å². The van der Waals surface area contributed by atoms with Crippen LogP contribution in [0.15, 0.2) is 47.8 Å². The highest BCUT2D eigenvalue weighted by Gasteiger charge is 2.26. The maximum Gasteiger partial charge on any atom is 0.254 e. The largest absolute Gasteiger partial charge is 0.377 e. The summed E-state index contributed by atoms with van der Waals surface area (Å²) in [6.45, 7) is 5.22. The van der Waals surface area contributed by atoms with Gasteiger partial charge >= 0.3 is 0 Å². The summed E-state index contributed by atoms with van der Waals surface area (Å²) in [5.41, 5.74) is 2.50. The zero-order valence-electron chi connectivity index (χ0n) is 16.4. The lowest BCUT2D eigenvalue weighted by atomic mass is 10.1. The van der Waals surface area contributed by atoms with Crippen LogP contribution in [0.1, 0.15) is 23.2 Å². The van der Waals surface area contributed by atoms with Crippen LogP contribution in [-0.2, 0) is 4.74 Å². The molecule has 29 heavy (non-hydrogen) atoms.